The number of unbranched alkanes of at least 4 members (excludes halogenated alkanes) is 1. The number of β-lactam (4-membered cyclic amide) rings is 1. The number of nitrogens with one attached hydrogen (secondary N) is 1. The Morgan fingerprint density at radius 2 is 2.20 bits per heavy atom. The molecule has 0 spiro atoms. The average Bonchev–Trinajstić information content (AvgIpc) is 3.35. The number of rotatable bonds is 11. The second kappa shape index (κ2) is 11.0. The second-order valence-electron chi connectivity index (χ2n) is 8.40. The molecule has 35 heavy (non-hydrogen) atoms. The molecule has 2 N–H and O–H groups in total. The smallest absolute Gasteiger partial charge is 0.381 e. The van der Waals surface area contributed by atoms with Crippen LogP contribution in [0.4, 0.5) is 0 Å². The van der Waals surface area contributed by atoms with Gasteiger partial charge in [0.1, 0.15) is 28.5 Å². The van der Waals surface area contributed by atoms with Crippen LogP contribution in [0.1, 0.15) is 24.6 Å². The fourth-order valence-electron chi connectivity index (χ4n) is 3.78. The van der Waals surface area contributed by atoms with Crippen LogP contribution >= 0.6 is 34.9 Å². The Kier molecular flexibility index (Phi) is 8.07. The van der Waals surface area contributed by atoms with Gasteiger partial charge in [0.25, 0.3) is 0 Å². The van der Waals surface area contributed by atoms with Crippen molar-refractivity contribution in [2.24, 2.45) is 5.41 Å². The molecule has 2 aromatic heterocycles. The number of hydrogen-bond donors (Lipinski definition) is 2. The number of carbonyl (C=O) groups excluding carboxylic acids is 2. The minimum Gasteiger partial charge on any atom is -0.481 e. The second-order valence-corrected chi connectivity index (χ2v) is 11.5. The maximum Gasteiger partial charge on any atom is 0.381 e. The lowest BCUT2D eigenvalue weighted by molar-refractivity contribution is -0.157. The van der Waals surface area contributed by atoms with E-state index >= 15 is 0 Å². The molecule has 10 nitrogen and oxygen atoms in total. The highest BCUT2D eigenvalue weighted by molar-refractivity contribution is 8.00. The van der Waals surface area contributed by atoms with E-state index in [1.165, 1.54) is 46.0 Å². The lowest BCUT2D eigenvalue weighted by Crippen LogP contribution is -2.74. The van der Waals surface area contributed by atoms with E-state index in [1.807, 2.05) is 24.4 Å². The molecule has 3 atom stereocenters. The number of nitrogens with zero attached hydrogens (tertiary/aromatic N) is 3. The van der Waals surface area contributed by atoms with Crippen LogP contribution in [0.5, 0.6) is 0 Å². The number of aromatic nitrogens is 2. The summed E-state index contributed by atoms with van der Waals surface area (Å²) in [7, 11) is 0. The van der Waals surface area contributed by atoms with Crippen LogP contribution in [0, 0.1) is 5.41 Å². The zero-order chi connectivity index (χ0) is 25.0. The molecule has 4 rings (SSSR count). The molecule has 13 heteroatoms. The van der Waals surface area contributed by atoms with Crippen LogP contribution in [0.3, 0.4) is 0 Å². The first-order valence-corrected chi connectivity index (χ1v) is 14.1. The van der Waals surface area contributed by atoms with Gasteiger partial charge in [0, 0.05) is 22.9 Å². The topological polar surface area (TPSA) is 131 Å². The SMILES string of the molecule is CCCCOn1ccc(SCC2(C(=O)O)CS[C@@H]3[C@H](NC(=O)Cc4cccs4)C(=O)N3C2)nc1=O. The van der Waals surface area contributed by atoms with Crippen molar-refractivity contribution in [3.8, 4) is 0 Å². The Bertz CT molecular complexity index is 1140. The molecule has 2 amide bonds. The highest BCUT2D eigenvalue weighted by Gasteiger charge is 2.57. The monoisotopic (exact) mass is 538 g/mol. The summed E-state index contributed by atoms with van der Waals surface area (Å²) in [6, 6.07) is 4.70. The third kappa shape index (κ3) is 5.67. The summed E-state index contributed by atoms with van der Waals surface area (Å²) in [6.45, 7) is 2.47. The number of aliphatic carboxylic acids is 1. The van der Waals surface area contributed by atoms with Crippen molar-refractivity contribution in [2.75, 3.05) is 24.7 Å². The Morgan fingerprint density at radius 1 is 1.37 bits per heavy atom. The highest BCUT2D eigenvalue weighted by atomic mass is 32.2. The van der Waals surface area contributed by atoms with E-state index in [1.54, 1.807) is 6.07 Å². The van der Waals surface area contributed by atoms with E-state index < -0.39 is 23.1 Å². The fraction of sp³-hybridized carbons (Fsp3) is 0.500. The number of carbonyl (C=O) groups is 3. The van der Waals surface area contributed by atoms with Crippen molar-refractivity contribution >= 4 is 52.6 Å². The molecule has 2 fully saturated rings. The molecule has 2 aliphatic rings. The summed E-state index contributed by atoms with van der Waals surface area (Å²) < 4.78 is 1.07. The summed E-state index contributed by atoms with van der Waals surface area (Å²) in [5.41, 5.74) is -1.76. The number of carboxylic acids is 1. The standard InChI is InChI=1S/C22H26N4O6S3/c1-2-3-8-32-26-7-6-16(24-21(26)31)34-12-22(20(29)30)11-25-18(28)17(19(25)35-13-22)23-15(27)10-14-5-4-9-33-14/h4-7,9,17,19H,2-3,8,10-13H2,1H3,(H,23,27)(H,29,30)/t17-,19-,22?/m1/s1. The predicted molar refractivity (Wildman–Crippen MR) is 134 cm³/mol. The molecule has 0 bridgehead atoms. The van der Waals surface area contributed by atoms with Crippen molar-refractivity contribution in [1.29, 1.82) is 0 Å². The molecular weight excluding hydrogens is 512 g/mol. The molecular formula is C22H26N4O6S3. The number of thiophene rings is 1. The third-order valence-electron chi connectivity index (χ3n) is 5.80. The molecule has 2 saturated heterocycles. The number of fused-ring (bicyclic) bond motifs is 1. The van der Waals surface area contributed by atoms with Gasteiger partial charge in [0.05, 0.1) is 12.6 Å². The van der Waals surface area contributed by atoms with Gasteiger partial charge in [-0.25, -0.2) is 4.79 Å². The quantitative estimate of drug-likeness (QED) is 0.188. The Labute approximate surface area is 214 Å². The van der Waals surface area contributed by atoms with Crippen molar-refractivity contribution in [3.05, 3.63) is 45.1 Å². The van der Waals surface area contributed by atoms with Crippen molar-refractivity contribution in [1.82, 2.24) is 19.9 Å². The van der Waals surface area contributed by atoms with Crippen LogP contribution < -0.4 is 15.8 Å². The van der Waals surface area contributed by atoms with Gasteiger partial charge in [0.15, 0.2) is 0 Å². The van der Waals surface area contributed by atoms with Gasteiger partial charge in [-0.1, -0.05) is 19.4 Å². The number of carboxylic acid groups (broad SMARTS) is 1. The van der Waals surface area contributed by atoms with Crippen LogP contribution in [0.15, 0.2) is 39.6 Å². The molecule has 2 aliphatic heterocycles. The zero-order valence-electron chi connectivity index (χ0n) is 19.0. The Hall–Kier alpha value is -2.51. The normalized spacial score (nSPS) is 23.3. The van der Waals surface area contributed by atoms with Gasteiger partial charge in [-0.15, -0.1) is 39.6 Å². The molecule has 4 heterocycles. The van der Waals surface area contributed by atoms with Crippen molar-refractivity contribution < 1.29 is 24.3 Å². The summed E-state index contributed by atoms with van der Waals surface area (Å²) in [5, 5.41) is 14.8. The number of thioether (sulfide) groups is 2. The average molecular weight is 539 g/mol. The molecule has 0 radical (unpaired) electrons. The van der Waals surface area contributed by atoms with Crippen molar-refractivity contribution in [2.45, 2.75) is 42.6 Å². The Balaban J connectivity index is 1.34. The lowest BCUT2D eigenvalue weighted by atomic mass is 9.89. The summed E-state index contributed by atoms with van der Waals surface area (Å²) in [6.07, 6.45) is 3.45. The van der Waals surface area contributed by atoms with Gasteiger partial charge in [0.2, 0.25) is 11.8 Å². The van der Waals surface area contributed by atoms with E-state index in [0.29, 0.717) is 11.6 Å². The number of amides is 2. The minimum absolute atomic E-state index is 0.0420. The van der Waals surface area contributed by atoms with Gasteiger partial charge in [-0.2, -0.15) is 4.98 Å². The van der Waals surface area contributed by atoms with E-state index in [2.05, 4.69) is 10.3 Å². The van der Waals surface area contributed by atoms with Crippen LogP contribution in [-0.4, -0.2) is 73.6 Å². The zero-order valence-corrected chi connectivity index (χ0v) is 21.5. The Morgan fingerprint density at radius 3 is 2.89 bits per heavy atom. The molecule has 2 aromatic rings. The lowest BCUT2D eigenvalue weighted by Gasteiger charge is -2.53. The van der Waals surface area contributed by atoms with E-state index in [9.17, 15) is 24.3 Å². The van der Waals surface area contributed by atoms with Crippen LogP contribution in [-0.2, 0) is 20.8 Å². The van der Waals surface area contributed by atoms with Gasteiger partial charge < -0.3 is 20.2 Å². The van der Waals surface area contributed by atoms with E-state index in [-0.39, 0.29) is 41.7 Å². The van der Waals surface area contributed by atoms with E-state index in [0.717, 1.165) is 22.4 Å². The minimum atomic E-state index is -1.19. The maximum absolute atomic E-state index is 12.7. The first-order chi connectivity index (χ1) is 16.8. The van der Waals surface area contributed by atoms with E-state index in [4.69, 9.17) is 4.84 Å². The summed E-state index contributed by atoms with van der Waals surface area (Å²) in [4.78, 5) is 61.3. The summed E-state index contributed by atoms with van der Waals surface area (Å²) >= 11 is 4.00. The first kappa shape index (κ1) is 25.6. The van der Waals surface area contributed by atoms with Crippen LogP contribution in [0.2, 0.25) is 0 Å². The molecule has 0 aromatic carbocycles. The molecule has 0 saturated carbocycles. The molecule has 1 unspecified atom stereocenters. The fourth-order valence-corrected chi connectivity index (χ4v) is 7.19. The predicted octanol–water partition coefficient (Wildman–Crippen LogP) is 1.34. The largest absolute Gasteiger partial charge is 0.481 e. The van der Waals surface area contributed by atoms with Gasteiger partial charge in [-0.3, -0.25) is 14.4 Å². The number of hydrogen-bond acceptors (Lipinski definition) is 9. The summed E-state index contributed by atoms with van der Waals surface area (Å²) in [5.74, 6) is -1.09. The van der Waals surface area contributed by atoms with Gasteiger partial charge in [-0.05, 0) is 23.9 Å². The third-order valence-corrected chi connectivity index (χ3v) is 9.49. The van der Waals surface area contributed by atoms with Crippen LogP contribution in [0.25, 0.3) is 0 Å². The molecule has 188 valence electrons. The first-order valence-electron chi connectivity index (χ1n) is 11.2. The van der Waals surface area contributed by atoms with Crippen molar-refractivity contribution in [3.63, 3.8) is 0 Å². The van der Waals surface area contributed by atoms with Gasteiger partial charge >= 0.3 is 11.7 Å². The maximum atomic E-state index is 12.7. The highest BCUT2D eigenvalue weighted by Crippen LogP contribution is 2.44. The molecule has 0 aliphatic carbocycles.